The molecule has 0 unspecified atom stereocenters. The van der Waals surface area contributed by atoms with Crippen LogP contribution in [0.3, 0.4) is 0 Å². The molecule has 2 N–H and O–H groups in total. The predicted octanol–water partition coefficient (Wildman–Crippen LogP) is 4.90. The van der Waals surface area contributed by atoms with Crippen LogP contribution in [0.25, 0.3) is 15.6 Å². The van der Waals surface area contributed by atoms with Gasteiger partial charge in [0.1, 0.15) is 5.75 Å². The molecule has 0 amide bonds. The molecule has 1 aliphatic rings. The Balaban J connectivity index is 0.00000342. The molecule has 1 saturated heterocycles. The van der Waals surface area contributed by atoms with E-state index in [9.17, 15) is 0 Å². The minimum Gasteiger partial charge on any atom is -0.495 e. The van der Waals surface area contributed by atoms with Gasteiger partial charge in [-0.25, -0.2) is 4.85 Å². The summed E-state index contributed by atoms with van der Waals surface area (Å²) in [6, 6.07) is 11.4. The Labute approximate surface area is 216 Å². The van der Waals surface area contributed by atoms with E-state index in [0.29, 0.717) is 35.4 Å². The minimum atomic E-state index is 0. The lowest BCUT2D eigenvalue weighted by Gasteiger charge is -2.33. The maximum Gasteiger partial charge on any atom is 0.188 e. The van der Waals surface area contributed by atoms with Gasteiger partial charge in [0.05, 0.1) is 38.0 Å². The summed E-state index contributed by atoms with van der Waals surface area (Å²) in [6.07, 6.45) is 2.64. The number of aliphatic hydroxyl groups excluding tert-OH is 1. The normalized spacial score (nSPS) is 13.8. The van der Waals surface area contributed by atoms with Gasteiger partial charge in [-0.1, -0.05) is 29.8 Å². The Hall–Kier alpha value is -2.83. The number of ether oxygens (including phenoxy) is 2. The van der Waals surface area contributed by atoms with Crippen LogP contribution in [0, 0.1) is 6.57 Å². The summed E-state index contributed by atoms with van der Waals surface area (Å²) in [7, 11) is 1.60. The second kappa shape index (κ2) is 12.8. The first-order valence-electron chi connectivity index (χ1n) is 11.3. The van der Waals surface area contributed by atoms with Gasteiger partial charge in [0, 0.05) is 30.4 Å². The first-order valence-corrected chi connectivity index (χ1v) is 11.7. The fraction of sp³-hybridized carbons (Fsp3) is 0.400. The molecule has 0 radical (unpaired) electrons. The van der Waals surface area contributed by atoms with Gasteiger partial charge in [0.25, 0.3) is 0 Å². The van der Waals surface area contributed by atoms with Crippen molar-refractivity contribution in [1.29, 1.82) is 0 Å². The van der Waals surface area contributed by atoms with Crippen LogP contribution in [0.15, 0.2) is 36.4 Å². The second-order valence-corrected chi connectivity index (χ2v) is 8.55. The molecule has 10 heteroatoms. The van der Waals surface area contributed by atoms with Gasteiger partial charge in [-0.15, -0.1) is 22.6 Å². The molecule has 2 aromatic carbocycles. The number of aromatic nitrogens is 2. The Morgan fingerprint density at radius 2 is 1.97 bits per heavy atom. The van der Waals surface area contributed by atoms with E-state index in [2.05, 4.69) is 25.3 Å². The molecule has 186 valence electrons. The van der Waals surface area contributed by atoms with Crippen LogP contribution in [-0.2, 0) is 11.2 Å². The van der Waals surface area contributed by atoms with Gasteiger partial charge >= 0.3 is 0 Å². The summed E-state index contributed by atoms with van der Waals surface area (Å²) < 4.78 is 10.9. The number of rotatable bonds is 9. The number of fused-ring (bicyclic) bond motifs is 1. The number of methoxy groups -OCH3 is 1. The number of piperidine rings is 1. The highest BCUT2D eigenvalue weighted by atomic mass is 35.5. The number of benzene rings is 2. The van der Waals surface area contributed by atoms with Crippen LogP contribution in [0.4, 0.5) is 17.3 Å². The molecule has 4 rings (SSSR count). The lowest BCUT2D eigenvalue weighted by Crippen LogP contribution is -2.38. The summed E-state index contributed by atoms with van der Waals surface area (Å²) in [5, 5.41) is 23.8. The number of nitrogens with zero attached hydrogens (tertiary/aromatic N) is 4. The number of nitrogens with one attached hydrogen (secondary N) is 1. The molecule has 0 saturated carbocycles. The molecule has 3 aromatic rings. The zero-order valence-electron chi connectivity index (χ0n) is 19.5. The molecule has 0 bridgehead atoms. The highest BCUT2D eigenvalue weighted by Gasteiger charge is 2.23. The van der Waals surface area contributed by atoms with Gasteiger partial charge in [0.2, 0.25) is 0 Å². The Kier molecular flexibility index (Phi) is 9.75. The summed E-state index contributed by atoms with van der Waals surface area (Å²) >= 11 is 6.24. The third kappa shape index (κ3) is 6.44. The van der Waals surface area contributed by atoms with Crippen molar-refractivity contribution >= 4 is 52.1 Å². The molecule has 1 aliphatic heterocycles. The van der Waals surface area contributed by atoms with E-state index in [1.165, 1.54) is 0 Å². The van der Waals surface area contributed by atoms with E-state index in [1.54, 1.807) is 7.11 Å². The smallest absolute Gasteiger partial charge is 0.188 e. The second-order valence-electron chi connectivity index (χ2n) is 8.14. The van der Waals surface area contributed by atoms with Crippen molar-refractivity contribution in [3.05, 3.63) is 58.4 Å². The number of anilines is 2. The highest BCUT2D eigenvalue weighted by Crippen LogP contribution is 2.33. The number of hydrogen-bond donors (Lipinski definition) is 2. The van der Waals surface area contributed by atoms with Crippen LogP contribution in [0.1, 0.15) is 18.4 Å². The van der Waals surface area contributed by atoms with Gasteiger partial charge in [-0.2, -0.15) is 0 Å². The molecule has 0 atom stereocenters. The van der Waals surface area contributed by atoms with E-state index in [0.717, 1.165) is 54.5 Å². The topological polar surface area (TPSA) is 84.1 Å². The molecule has 2 heterocycles. The predicted molar refractivity (Wildman–Crippen MR) is 142 cm³/mol. The van der Waals surface area contributed by atoms with Crippen LogP contribution in [-0.4, -0.2) is 61.4 Å². The van der Waals surface area contributed by atoms with Crippen LogP contribution >= 0.6 is 24.0 Å². The summed E-state index contributed by atoms with van der Waals surface area (Å²) in [5.41, 5.74) is 1.65. The third-order valence-electron chi connectivity index (χ3n) is 5.98. The molecule has 8 nitrogen and oxygen atoms in total. The maximum atomic E-state index is 8.98. The number of aliphatic hydroxyl groups is 1. The van der Waals surface area contributed by atoms with E-state index in [4.69, 9.17) is 32.8 Å². The average molecular weight is 518 g/mol. The molecule has 1 fully saturated rings. The van der Waals surface area contributed by atoms with Crippen LogP contribution in [0.5, 0.6) is 5.75 Å². The zero-order chi connectivity index (χ0) is 23.9. The van der Waals surface area contributed by atoms with Crippen LogP contribution < -0.4 is 15.0 Å². The molecule has 1 aromatic heterocycles. The SMILES string of the molecule is Cl.[C-]#[N+]c1ccc2c(N3CCC(OCCO)CC3)nnc(NCCc3ccc(OC)c(Cl)c3)c2c1. The monoisotopic (exact) mass is 517 g/mol. The Bertz CT molecular complexity index is 1180. The van der Waals surface area contributed by atoms with Gasteiger partial charge in [0.15, 0.2) is 17.3 Å². The molecule has 0 aliphatic carbocycles. The van der Waals surface area contributed by atoms with Crippen molar-refractivity contribution in [3.8, 4) is 5.75 Å². The number of halogens is 2. The minimum absolute atomic E-state index is 0. The fourth-order valence-corrected chi connectivity index (χ4v) is 4.49. The number of hydrogen-bond acceptors (Lipinski definition) is 7. The first kappa shape index (κ1) is 26.8. The highest BCUT2D eigenvalue weighted by molar-refractivity contribution is 6.32. The zero-order valence-corrected chi connectivity index (χ0v) is 21.1. The molecular formula is C25H29Cl2N5O3. The standard InChI is InChI=1S/C25H28ClN5O3.ClH/c1-27-18-4-5-20-21(16-18)24(28-10-7-17-3-6-23(33-2)22(26)15-17)29-30-25(20)31-11-8-19(9-12-31)34-14-13-32;/h3-6,15-16,19,32H,7-14H2,2H3,(H,28,29);1H. The van der Waals surface area contributed by atoms with Gasteiger partial charge < -0.3 is 24.8 Å². The van der Waals surface area contributed by atoms with E-state index >= 15 is 0 Å². The van der Waals surface area contributed by atoms with Gasteiger partial charge in [-0.05, 0) is 43.0 Å². The molecular weight excluding hydrogens is 489 g/mol. The van der Waals surface area contributed by atoms with Crippen LogP contribution in [0.2, 0.25) is 5.02 Å². The Morgan fingerprint density at radius 3 is 2.66 bits per heavy atom. The summed E-state index contributed by atoms with van der Waals surface area (Å²) in [4.78, 5) is 5.81. The van der Waals surface area contributed by atoms with Crippen molar-refractivity contribution in [2.24, 2.45) is 0 Å². The molecule has 0 spiro atoms. The van der Waals surface area contributed by atoms with Gasteiger partial charge in [-0.3, -0.25) is 0 Å². The summed E-state index contributed by atoms with van der Waals surface area (Å²) in [6.45, 7) is 10.1. The Morgan fingerprint density at radius 1 is 1.17 bits per heavy atom. The van der Waals surface area contributed by atoms with Crippen molar-refractivity contribution in [3.63, 3.8) is 0 Å². The van der Waals surface area contributed by atoms with Crippen molar-refractivity contribution in [2.45, 2.75) is 25.4 Å². The lowest BCUT2D eigenvalue weighted by atomic mass is 10.1. The first-order chi connectivity index (χ1) is 16.6. The molecule has 35 heavy (non-hydrogen) atoms. The summed E-state index contributed by atoms with van der Waals surface area (Å²) in [5.74, 6) is 2.13. The average Bonchev–Trinajstić information content (AvgIpc) is 2.87. The fourth-order valence-electron chi connectivity index (χ4n) is 4.21. The van der Waals surface area contributed by atoms with Crippen molar-refractivity contribution in [2.75, 3.05) is 50.2 Å². The lowest BCUT2D eigenvalue weighted by molar-refractivity contribution is 0.0158. The van der Waals surface area contributed by atoms with E-state index in [-0.39, 0.29) is 25.1 Å². The third-order valence-corrected chi connectivity index (χ3v) is 6.28. The van der Waals surface area contributed by atoms with E-state index in [1.807, 2.05) is 36.4 Å². The maximum absolute atomic E-state index is 8.98. The van der Waals surface area contributed by atoms with E-state index < -0.39 is 0 Å². The largest absolute Gasteiger partial charge is 0.495 e. The quantitative estimate of drug-likeness (QED) is 0.390. The van der Waals surface area contributed by atoms with Crippen molar-refractivity contribution in [1.82, 2.24) is 10.2 Å². The van der Waals surface area contributed by atoms with Crippen molar-refractivity contribution < 1.29 is 14.6 Å².